The van der Waals surface area contributed by atoms with Gasteiger partial charge in [-0.15, -0.1) is 6.58 Å². The Kier molecular flexibility index (Phi) is 4.65. The molecule has 0 amide bonds. The summed E-state index contributed by atoms with van der Waals surface area (Å²) in [5, 5.41) is 0.904. The molecule has 5 heteroatoms. The summed E-state index contributed by atoms with van der Waals surface area (Å²) in [6.07, 6.45) is 3.63. The Labute approximate surface area is 145 Å². The molecule has 0 atom stereocenters. The summed E-state index contributed by atoms with van der Waals surface area (Å²) < 4.78 is 21.0. The second-order valence-electron chi connectivity index (χ2n) is 5.84. The standard InChI is InChI=1S/C20H18FN2O2/c1-4-9-23-14(3)13(2)18-10-17(11-24)22-20(19(18)23)25-12-15-5-7-16(21)8-6-15/h4-8,10H,1,9,12H2,2-3H3. The molecule has 2 aromatic heterocycles. The molecule has 0 unspecified atom stereocenters. The first kappa shape index (κ1) is 16.9. The lowest BCUT2D eigenvalue weighted by molar-refractivity contribution is 0.296. The van der Waals surface area contributed by atoms with E-state index in [2.05, 4.69) is 16.1 Å². The van der Waals surface area contributed by atoms with Crippen LogP contribution in [0.15, 0.2) is 43.0 Å². The van der Waals surface area contributed by atoms with Gasteiger partial charge in [0, 0.05) is 17.6 Å². The summed E-state index contributed by atoms with van der Waals surface area (Å²) in [4.78, 5) is 15.4. The van der Waals surface area contributed by atoms with Crippen LogP contribution in [-0.2, 0) is 17.9 Å². The molecule has 3 rings (SSSR count). The maximum atomic E-state index is 13.0. The van der Waals surface area contributed by atoms with Crippen LogP contribution in [-0.4, -0.2) is 15.8 Å². The van der Waals surface area contributed by atoms with Gasteiger partial charge in [0.05, 0.1) is 0 Å². The lowest BCUT2D eigenvalue weighted by atomic mass is 10.1. The Morgan fingerprint density at radius 2 is 2.04 bits per heavy atom. The number of hydrogen-bond donors (Lipinski definition) is 0. The first-order valence-corrected chi connectivity index (χ1v) is 7.92. The van der Waals surface area contributed by atoms with Crippen molar-refractivity contribution in [1.29, 1.82) is 0 Å². The molecule has 4 nitrogen and oxygen atoms in total. The number of nitrogens with zero attached hydrogens (tertiary/aromatic N) is 2. The Morgan fingerprint density at radius 3 is 2.68 bits per heavy atom. The van der Waals surface area contributed by atoms with Crippen molar-refractivity contribution in [2.75, 3.05) is 0 Å². The Morgan fingerprint density at radius 1 is 1.32 bits per heavy atom. The van der Waals surface area contributed by atoms with Gasteiger partial charge in [0.2, 0.25) is 5.88 Å². The lowest BCUT2D eigenvalue weighted by Gasteiger charge is -2.11. The largest absolute Gasteiger partial charge is 0.471 e. The predicted molar refractivity (Wildman–Crippen MR) is 94.9 cm³/mol. The fourth-order valence-electron chi connectivity index (χ4n) is 2.87. The van der Waals surface area contributed by atoms with Crippen molar-refractivity contribution in [1.82, 2.24) is 9.55 Å². The van der Waals surface area contributed by atoms with Crippen molar-refractivity contribution in [3.05, 3.63) is 71.3 Å². The summed E-state index contributed by atoms with van der Waals surface area (Å²) in [5.74, 6) is 0.0613. The quantitative estimate of drug-likeness (QED) is 0.638. The third-order valence-electron chi connectivity index (χ3n) is 4.29. The minimum Gasteiger partial charge on any atom is -0.471 e. The van der Waals surface area contributed by atoms with E-state index in [1.165, 1.54) is 12.1 Å². The van der Waals surface area contributed by atoms with Crippen molar-refractivity contribution >= 4 is 17.2 Å². The van der Waals surface area contributed by atoms with Crippen molar-refractivity contribution in [3.63, 3.8) is 0 Å². The number of pyridine rings is 1. The fraction of sp³-hybridized carbons (Fsp3) is 0.200. The number of aryl methyl sites for hydroxylation is 1. The molecular weight excluding hydrogens is 319 g/mol. The number of aromatic nitrogens is 2. The molecule has 0 spiro atoms. The molecule has 0 saturated carbocycles. The number of fused-ring (bicyclic) bond motifs is 1. The van der Waals surface area contributed by atoms with Crippen LogP contribution in [0.2, 0.25) is 0 Å². The monoisotopic (exact) mass is 337 g/mol. The third kappa shape index (κ3) is 3.18. The number of halogens is 1. The van der Waals surface area contributed by atoms with Crippen molar-refractivity contribution < 1.29 is 13.9 Å². The second-order valence-corrected chi connectivity index (χ2v) is 5.84. The summed E-state index contributed by atoms with van der Waals surface area (Å²) >= 11 is 0. The van der Waals surface area contributed by atoms with Gasteiger partial charge in [0.25, 0.3) is 6.29 Å². The van der Waals surface area contributed by atoms with E-state index < -0.39 is 0 Å². The zero-order chi connectivity index (χ0) is 18.0. The molecule has 1 aromatic carbocycles. The van der Waals surface area contributed by atoms with Gasteiger partial charge in [-0.05, 0) is 43.2 Å². The minimum absolute atomic E-state index is 0.195. The van der Waals surface area contributed by atoms with E-state index in [1.807, 2.05) is 20.1 Å². The van der Waals surface area contributed by atoms with Gasteiger partial charge in [-0.2, -0.15) is 0 Å². The number of hydrogen-bond acceptors (Lipinski definition) is 3. The average molecular weight is 337 g/mol. The number of carbonyl (C=O) groups excluding carboxylic acids is 1. The number of rotatable bonds is 6. The normalized spacial score (nSPS) is 10.8. The maximum Gasteiger partial charge on any atom is 0.253 e. The molecule has 0 fully saturated rings. The molecule has 25 heavy (non-hydrogen) atoms. The van der Waals surface area contributed by atoms with E-state index in [0.29, 0.717) is 12.4 Å². The molecule has 0 aliphatic heterocycles. The van der Waals surface area contributed by atoms with Crippen LogP contribution in [0.4, 0.5) is 4.39 Å². The molecular formula is C20H18FN2O2. The van der Waals surface area contributed by atoms with Crippen LogP contribution >= 0.6 is 0 Å². The molecule has 2 heterocycles. The summed E-state index contributed by atoms with van der Waals surface area (Å²) in [7, 11) is 0. The highest BCUT2D eigenvalue weighted by molar-refractivity contribution is 5.92. The molecule has 0 bridgehead atoms. The van der Waals surface area contributed by atoms with E-state index >= 15 is 0 Å². The Balaban J connectivity index is 2.08. The highest BCUT2D eigenvalue weighted by Crippen LogP contribution is 2.32. The van der Waals surface area contributed by atoms with Crippen molar-refractivity contribution in [3.8, 4) is 5.88 Å². The molecule has 0 aliphatic rings. The SMILES string of the molecule is C=CCn1c(C)c(C)c2cc([C]=O)nc(OCc3ccc(F)cc3)c21. The number of ether oxygens (including phenoxy) is 1. The smallest absolute Gasteiger partial charge is 0.253 e. The number of allylic oxidation sites excluding steroid dienone is 1. The van der Waals surface area contributed by atoms with Gasteiger partial charge >= 0.3 is 0 Å². The van der Waals surface area contributed by atoms with Gasteiger partial charge in [-0.1, -0.05) is 18.2 Å². The van der Waals surface area contributed by atoms with Gasteiger partial charge in [-0.3, -0.25) is 4.79 Å². The second kappa shape index (κ2) is 6.89. The van der Waals surface area contributed by atoms with Gasteiger partial charge in [0.15, 0.2) is 0 Å². The zero-order valence-electron chi connectivity index (χ0n) is 14.2. The van der Waals surface area contributed by atoms with Crippen LogP contribution in [0.25, 0.3) is 10.9 Å². The van der Waals surface area contributed by atoms with E-state index in [9.17, 15) is 9.18 Å². The molecule has 0 saturated heterocycles. The van der Waals surface area contributed by atoms with Crippen LogP contribution in [0.1, 0.15) is 22.5 Å². The maximum absolute atomic E-state index is 13.0. The van der Waals surface area contributed by atoms with Crippen molar-refractivity contribution in [2.45, 2.75) is 27.0 Å². The van der Waals surface area contributed by atoms with Gasteiger partial charge in [-0.25, -0.2) is 9.37 Å². The molecule has 0 N–H and O–H groups in total. The lowest BCUT2D eigenvalue weighted by Crippen LogP contribution is -2.04. The number of benzene rings is 1. The van der Waals surface area contributed by atoms with Crippen LogP contribution in [0, 0.1) is 19.7 Å². The van der Waals surface area contributed by atoms with Crippen LogP contribution in [0.3, 0.4) is 0 Å². The van der Waals surface area contributed by atoms with E-state index in [1.54, 1.807) is 24.3 Å². The third-order valence-corrected chi connectivity index (χ3v) is 4.29. The first-order chi connectivity index (χ1) is 12.0. The summed E-state index contributed by atoms with van der Waals surface area (Å²) in [6.45, 7) is 8.63. The van der Waals surface area contributed by atoms with E-state index in [-0.39, 0.29) is 18.1 Å². The Hall–Kier alpha value is -2.95. The first-order valence-electron chi connectivity index (χ1n) is 7.92. The predicted octanol–water partition coefficient (Wildman–Crippen LogP) is 4.02. The van der Waals surface area contributed by atoms with E-state index in [0.717, 1.165) is 27.7 Å². The molecule has 3 aromatic rings. The highest BCUT2D eigenvalue weighted by atomic mass is 19.1. The molecule has 0 aliphatic carbocycles. The van der Waals surface area contributed by atoms with Crippen LogP contribution in [0.5, 0.6) is 5.88 Å². The van der Waals surface area contributed by atoms with Gasteiger partial charge < -0.3 is 9.30 Å². The fourth-order valence-corrected chi connectivity index (χ4v) is 2.87. The average Bonchev–Trinajstić information content (AvgIpc) is 2.86. The Bertz CT molecular complexity index is 943. The van der Waals surface area contributed by atoms with Gasteiger partial charge in [0.1, 0.15) is 23.6 Å². The van der Waals surface area contributed by atoms with Crippen LogP contribution < -0.4 is 4.74 Å². The zero-order valence-corrected chi connectivity index (χ0v) is 14.2. The summed E-state index contributed by atoms with van der Waals surface area (Å²) in [5.41, 5.74) is 3.94. The topological polar surface area (TPSA) is 44.1 Å². The molecule has 127 valence electrons. The molecule has 1 radical (unpaired) electrons. The van der Waals surface area contributed by atoms with E-state index in [4.69, 9.17) is 4.74 Å². The highest BCUT2D eigenvalue weighted by Gasteiger charge is 2.18. The minimum atomic E-state index is -0.298. The van der Waals surface area contributed by atoms with Crippen molar-refractivity contribution in [2.24, 2.45) is 0 Å². The summed E-state index contributed by atoms with van der Waals surface area (Å²) in [6, 6.07) is 7.79.